The number of pyridine rings is 1. The highest BCUT2D eigenvalue weighted by Gasteiger charge is 2.51. The second kappa shape index (κ2) is 9.43. The first-order valence-electron chi connectivity index (χ1n) is 13.1. The summed E-state index contributed by atoms with van der Waals surface area (Å²) in [7, 11) is -0.489. The van der Waals surface area contributed by atoms with Crippen LogP contribution in [0.5, 0.6) is 0 Å². The third kappa shape index (κ3) is 4.49. The highest BCUT2D eigenvalue weighted by Crippen LogP contribution is 2.39. The van der Waals surface area contributed by atoms with Crippen LogP contribution >= 0.6 is 0 Å². The van der Waals surface area contributed by atoms with Gasteiger partial charge in [0.1, 0.15) is 0 Å². The molecule has 0 amide bonds. The molecule has 5 heteroatoms. The summed E-state index contributed by atoms with van der Waals surface area (Å²) in [4.78, 5) is 6.95. The molecule has 0 spiro atoms. The minimum atomic E-state index is -0.489. The van der Waals surface area contributed by atoms with Gasteiger partial charge in [0.2, 0.25) is 0 Å². The molecule has 0 radical (unpaired) electrons. The van der Waals surface area contributed by atoms with Gasteiger partial charge in [0.25, 0.3) is 0 Å². The van der Waals surface area contributed by atoms with Crippen LogP contribution in [0.15, 0.2) is 115 Å². The fraction of sp³-hybridized carbons (Fsp3) is 0.182. The average molecular weight is 498 g/mol. The molecule has 0 aliphatic carbocycles. The number of para-hydroxylation sites is 1. The van der Waals surface area contributed by atoms with Crippen molar-refractivity contribution in [3.63, 3.8) is 0 Å². The standard InChI is InChI=1S/C33H31BN2O2/c1-32(2)33(3,4)38-34(37-32)27-20-26(31-16-10-11-19-35-31)22-30(23-27)36(28-14-6-5-7-15-28)29-18-17-24-12-8-9-13-25(24)21-29/h5-23H,1-4H3. The maximum atomic E-state index is 6.48. The van der Waals surface area contributed by atoms with Gasteiger partial charge in [0.15, 0.2) is 0 Å². The molecule has 2 heterocycles. The largest absolute Gasteiger partial charge is 0.494 e. The van der Waals surface area contributed by atoms with Crippen molar-refractivity contribution in [3.05, 3.63) is 115 Å². The van der Waals surface area contributed by atoms with E-state index in [0.29, 0.717) is 0 Å². The van der Waals surface area contributed by atoms with E-state index in [1.807, 2.05) is 30.5 Å². The topological polar surface area (TPSA) is 34.6 Å². The molecule has 0 bridgehead atoms. The second-order valence-corrected chi connectivity index (χ2v) is 10.8. The monoisotopic (exact) mass is 498 g/mol. The molecule has 4 aromatic carbocycles. The SMILES string of the molecule is CC1(C)OB(c2cc(-c3ccccn3)cc(N(c3ccccc3)c3ccc4ccccc4c3)c2)OC1(C)C. The van der Waals surface area contributed by atoms with Crippen molar-refractivity contribution in [2.24, 2.45) is 0 Å². The molecule has 38 heavy (non-hydrogen) atoms. The Labute approximate surface area is 225 Å². The van der Waals surface area contributed by atoms with Gasteiger partial charge in [-0.2, -0.15) is 0 Å². The predicted molar refractivity (Wildman–Crippen MR) is 158 cm³/mol. The summed E-state index contributed by atoms with van der Waals surface area (Å²) >= 11 is 0. The van der Waals surface area contributed by atoms with E-state index in [0.717, 1.165) is 33.8 Å². The summed E-state index contributed by atoms with van der Waals surface area (Å²) in [5.74, 6) is 0. The summed E-state index contributed by atoms with van der Waals surface area (Å²) in [6, 6.07) is 38.0. The van der Waals surface area contributed by atoms with E-state index in [1.54, 1.807) is 0 Å². The normalized spacial score (nSPS) is 16.1. The Morgan fingerprint density at radius 2 is 1.29 bits per heavy atom. The van der Waals surface area contributed by atoms with Crippen LogP contribution in [0, 0.1) is 0 Å². The smallest absolute Gasteiger partial charge is 0.399 e. The van der Waals surface area contributed by atoms with Crippen molar-refractivity contribution in [2.75, 3.05) is 4.90 Å². The number of nitrogens with zero attached hydrogens (tertiary/aromatic N) is 2. The quantitative estimate of drug-likeness (QED) is 0.233. The molecule has 0 unspecified atom stereocenters. The van der Waals surface area contributed by atoms with Crippen molar-refractivity contribution < 1.29 is 9.31 Å². The third-order valence-corrected chi connectivity index (χ3v) is 7.69. The van der Waals surface area contributed by atoms with E-state index in [2.05, 4.69) is 123 Å². The zero-order valence-electron chi connectivity index (χ0n) is 22.3. The highest BCUT2D eigenvalue weighted by atomic mass is 16.7. The van der Waals surface area contributed by atoms with Gasteiger partial charge >= 0.3 is 7.12 Å². The molecule has 0 N–H and O–H groups in total. The first-order valence-corrected chi connectivity index (χ1v) is 13.1. The molecule has 1 aliphatic rings. The first kappa shape index (κ1) is 24.4. The van der Waals surface area contributed by atoms with Gasteiger partial charge in [-0.05, 0) is 92.5 Å². The number of fused-ring (bicyclic) bond motifs is 1. The van der Waals surface area contributed by atoms with E-state index >= 15 is 0 Å². The van der Waals surface area contributed by atoms with Gasteiger partial charge in [-0.1, -0.05) is 60.7 Å². The molecular weight excluding hydrogens is 467 g/mol. The molecule has 0 atom stereocenters. The molecule has 6 rings (SSSR count). The van der Waals surface area contributed by atoms with Gasteiger partial charge in [-0.3, -0.25) is 4.98 Å². The van der Waals surface area contributed by atoms with Gasteiger partial charge in [-0.25, -0.2) is 0 Å². The van der Waals surface area contributed by atoms with Crippen LogP contribution in [0.3, 0.4) is 0 Å². The summed E-state index contributed by atoms with van der Waals surface area (Å²) in [6.07, 6.45) is 1.83. The van der Waals surface area contributed by atoms with Gasteiger partial charge in [-0.15, -0.1) is 0 Å². The predicted octanol–water partition coefficient (Wildman–Crippen LogP) is 7.67. The summed E-state index contributed by atoms with van der Waals surface area (Å²) in [6.45, 7) is 8.34. The number of anilines is 3. The lowest BCUT2D eigenvalue weighted by Crippen LogP contribution is -2.41. The molecular formula is C33H31BN2O2. The Kier molecular flexibility index (Phi) is 6.06. The van der Waals surface area contributed by atoms with Crippen LogP contribution in [0.25, 0.3) is 22.0 Å². The lowest BCUT2D eigenvalue weighted by molar-refractivity contribution is 0.00578. The molecule has 0 saturated carbocycles. The molecule has 1 saturated heterocycles. The lowest BCUT2D eigenvalue weighted by atomic mass is 9.77. The molecule has 5 aromatic rings. The Balaban J connectivity index is 1.55. The number of hydrogen-bond acceptors (Lipinski definition) is 4. The summed E-state index contributed by atoms with van der Waals surface area (Å²) < 4.78 is 13.0. The summed E-state index contributed by atoms with van der Waals surface area (Å²) in [5.41, 5.74) is 5.16. The van der Waals surface area contributed by atoms with Gasteiger partial charge < -0.3 is 14.2 Å². The fourth-order valence-corrected chi connectivity index (χ4v) is 4.90. The molecule has 4 nitrogen and oxygen atoms in total. The van der Waals surface area contributed by atoms with Crippen LogP contribution in [-0.2, 0) is 9.31 Å². The van der Waals surface area contributed by atoms with Crippen LogP contribution in [0.2, 0.25) is 0 Å². The van der Waals surface area contributed by atoms with Crippen molar-refractivity contribution in [1.29, 1.82) is 0 Å². The second-order valence-electron chi connectivity index (χ2n) is 10.8. The number of aromatic nitrogens is 1. The third-order valence-electron chi connectivity index (χ3n) is 7.69. The Bertz CT molecular complexity index is 1570. The first-order chi connectivity index (χ1) is 18.3. The van der Waals surface area contributed by atoms with Crippen LogP contribution in [0.1, 0.15) is 27.7 Å². The number of benzene rings is 4. The zero-order valence-corrected chi connectivity index (χ0v) is 22.3. The molecule has 1 aromatic heterocycles. The molecule has 1 fully saturated rings. The summed E-state index contributed by atoms with van der Waals surface area (Å²) in [5, 5.41) is 2.40. The van der Waals surface area contributed by atoms with Crippen molar-refractivity contribution in [3.8, 4) is 11.3 Å². The highest BCUT2D eigenvalue weighted by molar-refractivity contribution is 6.62. The van der Waals surface area contributed by atoms with Gasteiger partial charge in [0.05, 0.1) is 16.9 Å². The van der Waals surface area contributed by atoms with E-state index in [9.17, 15) is 0 Å². The number of rotatable bonds is 5. The Morgan fingerprint density at radius 3 is 2.00 bits per heavy atom. The number of hydrogen-bond donors (Lipinski definition) is 0. The van der Waals surface area contributed by atoms with E-state index in [-0.39, 0.29) is 0 Å². The van der Waals surface area contributed by atoms with Crippen molar-refractivity contribution in [1.82, 2.24) is 4.98 Å². The Hall–Kier alpha value is -3.93. The maximum Gasteiger partial charge on any atom is 0.494 e. The lowest BCUT2D eigenvalue weighted by Gasteiger charge is -2.32. The maximum absolute atomic E-state index is 6.48. The van der Waals surface area contributed by atoms with Crippen molar-refractivity contribution in [2.45, 2.75) is 38.9 Å². The average Bonchev–Trinajstić information content (AvgIpc) is 3.16. The van der Waals surface area contributed by atoms with Gasteiger partial charge in [0, 0.05) is 28.8 Å². The minimum Gasteiger partial charge on any atom is -0.399 e. The van der Waals surface area contributed by atoms with E-state index < -0.39 is 18.3 Å². The zero-order chi connectivity index (χ0) is 26.3. The van der Waals surface area contributed by atoms with Crippen LogP contribution in [-0.4, -0.2) is 23.3 Å². The Morgan fingerprint density at radius 1 is 0.605 bits per heavy atom. The van der Waals surface area contributed by atoms with E-state index in [1.165, 1.54) is 10.8 Å². The molecule has 188 valence electrons. The van der Waals surface area contributed by atoms with Crippen LogP contribution < -0.4 is 10.4 Å². The fourth-order valence-electron chi connectivity index (χ4n) is 4.90. The van der Waals surface area contributed by atoms with Crippen LogP contribution in [0.4, 0.5) is 17.1 Å². The molecule has 1 aliphatic heterocycles. The van der Waals surface area contributed by atoms with Crippen molar-refractivity contribution >= 4 is 40.4 Å². The minimum absolute atomic E-state index is 0.434. The van der Waals surface area contributed by atoms with E-state index in [4.69, 9.17) is 9.31 Å².